The molecule has 3 amide bonds. The van der Waals surface area contributed by atoms with E-state index in [1.165, 1.54) is 12.1 Å². The molecule has 0 radical (unpaired) electrons. The van der Waals surface area contributed by atoms with E-state index >= 15 is 0 Å². The number of halogens is 1. The smallest absolute Gasteiger partial charge is 0.261 e. The number of sulfone groups is 1. The van der Waals surface area contributed by atoms with Crippen LogP contribution in [-0.4, -0.2) is 43.7 Å². The number of rotatable bonds is 6. The van der Waals surface area contributed by atoms with E-state index in [0.717, 1.165) is 12.1 Å². The van der Waals surface area contributed by atoms with Gasteiger partial charge in [-0.2, -0.15) is 0 Å². The molecule has 2 atom stereocenters. The molecule has 1 aromatic carbocycles. The van der Waals surface area contributed by atoms with Gasteiger partial charge in [-0.1, -0.05) is 13.8 Å². The van der Waals surface area contributed by atoms with E-state index in [1.54, 1.807) is 13.8 Å². The van der Waals surface area contributed by atoms with Crippen LogP contribution in [0.1, 0.15) is 37.0 Å². The minimum absolute atomic E-state index is 0.00616. The molecule has 0 aliphatic carbocycles. The molecule has 8 nitrogen and oxygen atoms in total. The topological polar surface area (TPSA) is 121 Å². The Kier molecular flexibility index (Phi) is 7.11. The summed E-state index contributed by atoms with van der Waals surface area (Å²) in [5.74, 6) is -2.63. The summed E-state index contributed by atoms with van der Waals surface area (Å²) in [6.45, 7) is 3.45. The number of nitrogens with one attached hydrogen (secondary N) is 3. The highest BCUT2D eigenvalue weighted by Crippen LogP contribution is 2.21. The van der Waals surface area contributed by atoms with E-state index in [1.807, 2.05) is 0 Å². The first-order chi connectivity index (χ1) is 13.1. The normalized spacial score (nSPS) is 19.1. The Hall–Kier alpha value is -2.49. The minimum Gasteiger partial charge on any atom is -0.340 e. The molecule has 1 aromatic rings. The molecule has 10 heteroatoms. The molecule has 1 saturated heterocycles. The van der Waals surface area contributed by atoms with Gasteiger partial charge in [-0.15, -0.1) is 0 Å². The standard InChI is InChI=1S/C18H24FN3O5S/c1-11(2)16(20-17(24)13-3-5-14(19)6-4-13)18(25)22-21-15(23)9-12-7-8-28(26,27)10-12/h3-6,11-12,16H,7-10H2,1-2H3,(H,20,24)(H,21,23)(H,22,25)/t12-,16-/m0/s1. The Morgan fingerprint density at radius 2 is 1.79 bits per heavy atom. The van der Waals surface area contributed by atoms with Crippen LogP contribution >= 0.6 is 0 Å². The second-order valence-electron chi connectivity index (χ2n) is 7.21. The van der Waals surface area contributed by atoms with E-state index in [-0.39, 0.29) is 35.3 Å². The van der Waals surface area contributed by atoms with Crippen LogP contribution in [0.5, 0.6) is 0 Å². The summed E-state index contributed by atoms with van der Waals surface area (Å²) in [5.41, 5.74) is 4.72. The zero-order chi connectivity index (χ0) is 20.9. The average Bonchev–Trinajstić information content (AvgIpc) is 2.96. The zero-order valence-electron chi connectivity index (χ0n) is 15.7. The second kappa shape index (κ2) is 9.13. The first-order valence-corrected chi connectivity index (χ1v) is 10.7. The molecule has 0 saturated carbocycles. The van der Waals surface area contributed by atoms with E-state index in [4.69, 9.17) is 0 Å². The predicted octanol–water partition coefficient (Wildman–Crippen LogP) is 0.552. The second-order valence-corrected chi connectivity index (χ2v) is 9.44. The Morgan fingerprint density at radius 3 is 2.32 bits per heavy atom. The molecule has 1 aliphatic heterocycles. The summed E-state index contributed by atoms with van der Waals surface area (Å²) in [6, 6.07) is 3.96. The highest BCUT2D eigenvalue weighted by atomic mass is 32.2. The average molecular weight is 413 g/mol. The fraction of sp³-hybridized carbons (Fsp3) is 0.500. The van der Waals surface area contributed by atoms with Crippen molar-refractivity contribution in [3.05, 3.63) is 35.6 Å². The highest BCUT2D eigenvalue weighted by molar-refractivity contribution is 7.91. The van der Waals surface area contributed by atoms with Crippen LogP contribution in [0, 0.1) is 17.7 Å². The summed E-state index contributed by atoms with van der Waals surface area (Å²) < 4.78 is 35.8. The molecule has 1 heterocycles. The van der Waals surface area contributed by atoms with Crippen LogP contribution in [0.2, 0.25) is 0 Å². The van der Waals surface area contributed by atoms with Crippen molar-refractivity contribution in [2.45, 2.75) is 32.7 Å². The molecule has 154 valence electrons. The maximum atomic E-state index is 13.0. The molecular formula is C18H24FN3O5S. The van der Waals surface area contributed by atoms with E-state index < -0.39 is 39.4 Å². The lowest BCUT2D eigenvalue weighted by molar-refractivity contribution is -0.130. The maximum absolute atomic E-state index is 13.0. The molecule has 3 N–H and O–H groups in total. The van der Waals surface area contributed by atoms with Gasteiger partial charge in [0.2, 0.25) is 5.91 Å². The number of carbonyl (C=O) groups is 3. The maximum Gasteiger partial charge on any atom is 0.261 e. The summed E-state index contributed by atoms with van der Waals surface area (Å²) in [7, 11) is -3.08. The van der Waals surface area contributed by atoms with Crippen LogP contribution < -0.4 is 16.2 Å². The fourth-order valence-electron chi connectivity index (χ4n) is 2.92. The number of hydrazine groups is 1. The van der Waals surface area contributed by atoms with Gasteiger partial charge in [0, 0.05) is 12.0 Å². The lowest BCUT2D eigenvalue weighted by atomic mass is 10.0. The Morgan fingerprint density at radius 1 is 1.14 bits per heavy atom. The van der Waals surface area contributed by atoms with Crippen molar-refractivity contribution in [3.8, 4) is 0 Å². The van der Waals surface area contributed by atoms with Crippen molar-refractivity contribution in [2.24, 2.45) is 11.8 Å². The molecule has 0 unspecified atom stereocenters. The van der Waals surface area contributed by atoms with Gasteiger partial charge in [-0.3, -0.25) is 25.2 Å². The van der Waals surface area contributed by atoms with E-state index in [0.29, 0.717) is 6.42 Å². The van der Waals surface area contributed by atoms with E-state index in [2.05, 4.69) is 16.2 Å². The number of hydrogen-bond acceptors (Lipinski definition) is 5. The Balaban J connectivity index is 1.87. The van der Waals surface area contributed by atoms with Gasteiger partial charge in [-0.05, 0) is 42.5 Å². The molecule has 1 fully saturated rings. The summed E-state index contributed by atoms with van der Waals surface area (Å²) in [4.78, 5) is 36.5. The van der Waals surface area contributed by atoms with Crippen molar-refractivity contribution < 1.29 is 27.2 Å². The van der Waals surface area contributed by atoms with Crippen molar-refractivity contribution in [1.29, 1.82) is 0 Å². The van der Waals surface area contributed by atoms with Gasteiger partial charge < -0.3 is 5.32 Å². The highest BCUT2D eigenvalue weighted by Gasteiger charge is 2.30. The van der Waals surface area contributed by atoms with E-state index in [9.17, 15) is 27.2 Å². The number of carbonyl (C=O) groups excluding carboxylic acids is 3. The molecular weight excluding hydrogens is 389 g/mol. The summed E-state index contributed by atoms with van der Waals surface area (Å²) in [5, 5.41) is 2.56. The zero-order valence-corrected chi connectivity index (χ0v) is 16.5. The Labute approximate surface area is 163 Å². The summed E-state index contributed by atoms with van der Waals surface area (Å²) in [6.07, 6.45) is 0.417. The Bertz CT molecular complexity index is 839. The molecule has 0 spiro atoms. The third kappa shape index (κ3) is 6.29. The van der Waals surface area contributed by atoms with Crippen molar-refractivity contribution >= 4 is 27.6 Å². The van der Waals surface area contributed by atoms with Crippen molar-refractivity contribution in [1.82, 2.24) is 16.2 Å². The molecule has 2 rings (SSSR count). The molecule has 0 aromatic heterocycles. The van der Waals surface area contributed by atoms with Crippen LogP contribution in [0.25, 0.3) is 0 Å². The van der Waals surface area contributed by atoms with Crippen molar-refractivity contribution in [2.75, 3.05) is 11.5 Å². The van der Waals surface area contributed by atoms with Gasteiger partial charge in [0.15, 0.2) is 9.84 Å². The van der Waals surface area contributed by atoms with Gasteiger partial charge >= 0.3 is 0 Å². The predicted molar refractivity (Wildman–Crippen MR) is 100 cm³/mol. The third-order valence-corrected chi connectivity index (χ3v) is 6.31. The monoisotopic (exact) mass is 413 g/mol. The largest absolute Gasteiger partial charge is 0.340 e. The number of benzene rings is 1. The van der Waals surface area contributed by atoms with Gasteiger partial charge in [-0.25, -0.2) is 12.8 Å². The third-order valence-electron chi connectivity index (χ3n) is 4.47. The lowest BCUT2D eigenvalue weighted by Crippen LogP contribution is -2.54. The van der Waals surface area contributed by atoms with Crippen LogP contribution in [0.15, 0.2) is 24.3 Å². The summed E-state index contributed by atoms with van der Waals surface area (Å²) >= 11 is 0. The number of hydrogen-bond donors (Lipinski definition) is 3. The first kappa shape index (κ1) is 21.8. The lowest BCUT2D eigenvalue weighted by Gasteiger charge is -2.22. The minimum atomic E-state index is -3.08. The quantitative estimate of drug-likeness (QED) is 0.588. The van der Waals surface area contributed by atoms with Gasteiger partial charge in [0.05, 0.1) is 11.5 Å². The fourth-order valence-corrected chi connectivity index (χ4v) is 4.78. The SMILES string of the molecule is CC(C)[C@H](NC(=O)c1ccc(F)cc1)C(=O)NNC(=O)C[C@@H]1CCS(=O)(=O)C1. The van der Waals surface area contributed by atoms with Crippen LogP contribution in [0.4, 0.5) is 4.39 Å². The molecule has 0 bridgehead atoms. The van der Waals surface area contributed by atoms with Gasteiger partial charge in [0.1, 0.15) is 11.9 Å². The first-order valence-electron chi connectivity index (χ1n) is 8.93. The van der Waals surface area contributed by atoms with Crippen molar-refractivity contribution in [3.63, 3.8) is 0 Å². The molecule has 1 aliphatic rings. The molecule has 28 heavy (non-hydrogen) atoms. The number of amides is 3. The van der Waals surface area contributed by atoms with Gasteiger partial charge in [0.25, 0.3) is 11.8 Å². The van der Waals surface area contributed by atoms with Crippen LogP contribution in [-0.2, 0) is 19.4 Å². The van der Waals surface area contributed by atoms with Crippen LogP contribution in [0.3, 0.4) is 0 Å².